The van der Waals surface area contributed by atoms with Crippen LogP contribution in [0.1, 0.15) is 32.1 Å². The molecule has 1 heterocycles. The van der Waals surface area contributed by atoms with E-state index in [1.54, 1.807) is 18.2 Å². The fraction of sp³-hybridized carbons (Fsp3) is 0.429. The molecule has 4 N–H and O–H groups in total. The normalized spacial score (nSPS) is 17.2. The minimum Gasteiger partial charge on any atom is -0.408 e. The molecule has 6 nitrogen and oxygen atoms in total. The summed E-state index contributed by atoms with van der Waals surface area (Å²) in [6, 6.07) is 5.01. The molecule has 7 heteroatoms. The summed E-state index contributed by atoms with van der Waals surface area (Å²) in [5, 5.41) is 2.83. The number of aromatic nitrogens is 1. The maximum Gasteiger partial charge on any atom is 0.417 e. The molecule has 0 aliphatic heterocycles. The number of oxazole rings is 1. The molecule has 1 fully saturated rings. The lowest BCUT2D eigenvalue weighted by atomic mass is 9.82. The van der Waals surface area contributed by atoms with Crippen LogP contribution in [0.3, 0.4) is 0 Å². The number of fused-ring (bicyclic) bond motifs is 1. The number of nitrogens with one attached hydrogen (secondary N) is 2. The summed E-state index contributed by atoms with van der Waals surface area (Å²) in [6.07, 6.45) is 4.53. The molecule has 0 bridgehead atoms. The molecule has 1 amide bonds. The molecule has 1 saturated carbocycles. The second-order valence-corrected chi connectivity index (χ2v) is 5.40. The van der Waals surface area contributed by atoms with Crippen LogP contribution in [0, 0.1) is 0 Å². The van der Waals surface area contributed by atoms with Gasteiger partial charge in [-0.15, -0.1) is 12.4 Å². The minimum atomic E-state index is -0.781. The van der Waals surface area contributed by atoms with Crippen LogP contribution in [0.25, 0.3) is 11.1 Å². The summed E-state index contributed by atoms with van der Waals surface area (Å²) in [6.45, 7) is 0. The highest BCUT2D eigenvalue weighted by molar-refractivity contribution is 5.99. The molecule has 1 aliphatic rings. The van der Waals surface area contributed by atoms with E-state index in [9.17, 15) is 9.59 Å². The number of H-pyrrole nitrogens is 1. The molecule has 0 unspecified atom stereocenters. The summed E-state index contributed by atoms with van der Waals surface area (Å²) in [5.74, 6) is -0.673. The van der Waals surface area contributed by atoms with Gasteiger partial charge in [0.1, 0.15) is 0 Å². The monoisotopic (exact) mass is 311 g/mol. The first-order valence-electron chi connectivity index (χ1n) is 6.80. The Bertz CT molecular complexity index is 701. The van der Waals surface area contributed by atoms with Gasteiger partial charge in [0.15, 0.2) is 5.58 Å². The predicted octanol–water partition coefficient (Wildman–Crippen LogP) is 2.14. The highest BCUT2D eigenvalue weighted by atomic mass is 35.5. The molecule has 0 atom stereocenters. The zero-order valence-electron chi connectivity index (χ0n) is 11.5. The van der Waals surface area contributed by atoms with Crippen LogP contribution in [-0.4, -0.2) is 16.4 Å². The highest BCUT2D eigenvalue weighted by Gasteiger charge is 2.35. The first-order valence-corrected chi connectivity index (χ1v) is 6.80. The van der Waals surface area contributed by atoms with Crippen LogP contribution < -0.4 is 16.8 Å². The molecule has 114 valence electrons. The first-order chi connectivity index (χ1) is 9.57. The quantitative estimate of drug-likeness (QED) is 0.791. The molecule has 0 saturated heterocycles. The number of halogens is 1. The van der Waals surface area contributed by atoms with Crippen LogP contribution in [0.15, 0.2) is 27.4 Å². The zero-order valence-corrected chi connectivity index (χ0v) is 12.3. The van der Waals surface area contributed by atoms with Gasteiger partial charge >= 0.3 is 5.76 Å². The van der Waals surface area contributed by atoms with E-state index in [2.05, 4.69) is 10.3 Å². The Morgan fingerprint density at radius 3 is 2.71 bits per heavy atom. The number of rotatable bonds is 2. The Morgan fingerprint density at radius 2 is 2.00 bits per heavy atom. The van der Waals surface area contributed by atoms with E-state index >= 15 is 0 Å². The van der Waals surface area contributed by atoms with Gasteiger partial charge in [0.25, 0.3) is 0 Å². The van der Waals surface area contributed by atoms with E-state index in [0.717, 1.165) is 19.3 Å². The number of hydrogen-bond acceptors (Lipinski definition) is 4. The third kappa shape index (κ3) is 3.11. The van der Waals surface area contributed by atoms with Gasteiger partial charge in [-0.2, -0.15) is 0 Å². The van der Waals surface area contributed by atoms with Crippen molar-refractivity contribution in [3.05, 3.63) is 28.7 Å². The lowest BCUT2D eigenvalue weighted by Gasteiger charge is -2.31. The standard InChI is InChI=1S/C14H17N3O3.ClH/c15-14(6-2-1-3-7-14)12(18)16-9-4-5-11-10(8-9)17-13(19)20-11;/h4-5,8H,1-3,6-7,15H2,(H,16,18)(H,17,19);1H. The number of nitrogens with two attached hydrogens (primary N) is 1. The van der Waals surface area contributed by atoms with Crippen molar-refractivity contribution >= 4 is 35.1 Å². The maximum atomic E-state index is 12.3. The van der Waals surface area contributed by atoms with Gasteiger partial charge in [0, 0.05) is 5.69 Å². The minimum absolute atomic E-state index is 0. The van der Waals surface area contributed by atoms with Gasteiger partial charge in [-0.05, 0) is 31.0 Å². The molecular formula is C14H18ClN3O3. The molecule has 0 spiro atoms. The number of carbonyl (C=O) groups excluding carboxylic acids is 1. The van der Waals surface area contributed by atoms with Crippen molar-refractivity contribution in [3.8, 4) is 0 Å². The number of anilines is 1. The molecule has 3 rings (SSSR count). The fourth-order valence-corrected chi connectivity index (χ4v) is 2.70. The third-order valence-corrected chi connectivity index (χ3v) is 3.87. The maximum absolute atomic E-state index is 12.3. The predicted molar refractivity (Wildman–Crippen MR) is 82.7 cm³/mol. The van der Waals surface area contributed by atoms with Gasteiger partial charge in [0.2, 0.25) is 5.91 Å². The second kappa shape index (κ2) is 5.91. The largest absolute Gasteiger partial charge is 0.417 e. The topological polar surface area (TPSA) is 101 Å². The molecule has 1 aliphatic carbocycles. The second-order valence-electron chi connectivity index (χ2n) is 5.40. The van der Waals surface area contributed by atoms with Crippen LogP contribution in [-0.2, 0) is 4.79 Å². The number of carbonyl (C=O) groups is 1. The molecular weight excluding hydrogens is 294 g/mol. The van der Waals surface area contributed by atoms with Crippen LogP contribution in [0.5, 0.6) is 0 Å². The van der Waals surface area contributed by atoms with Gasteiger partial charge in [-0.3, -0.25) is 9.78 Å². The van der Waals surface area contributed by atoms with E-state index in [1.807, 2.05) is 0 Å². The number of aromatic amines is 1. The molecule has 1 aromatic heterocycles. The van der Waals surface area contributed by atoms with Gasteiger partial charge in [-0.1, -0.05) is 19.3 Å². The highest BCUT2D eigenvalue weighted by Crippen LogP contribution is 2.27. The van der Waals surface area contributed by atoms with Crippen molar-refractivity contribution in [1.82, 2.24) is 4.98 Å². The Morgan fingerprint density at radius 1 is 1.29 bits per heavy atom. The number of benzene rings is 1. The summed E-state index contributed by atoms with van der Waals surface area (Å²) < 4.78 is 4.92. The van der Waals surface area contributed by atoms with E-state index in [0.29, 0.717) is 29.6 Å². The Balaban J connectivity index is 0.00000161. The van der Waals surface area contributed by atoms with E-state index in [-0.39, 0.29) is 18.3 Å². The summed E-state index contributed by atoms with van der Waals surface area (Å²) in [5.41, 5.74) is 7.03. The van der Waals surface area contributed by atoms with Crippen LogP contribution in [0.4, 0.5) is 5.69 Å². The summed E-state index contributed by atoms with van der Waals surface area (Å²) in [4.78, 5) is 25.9. The van der Waals surface area contributed by atoms with Crippen molar-refractivity contribution in [2.75, 3.05) is 5.32 Å². The molecule has 2 aromatic rings. The van der Waals surface area contributed by atoms with Crippen LogP contribution in [0.2, 0.25) is 0 Å². The Kier molecular flexibility index (Phi) is 4.39. The van der Waals surface area contributed by atoms with E-state index in [4.69, 9.17) is 10.2 Å². The van der Waals surface area contributed by atoms with Gasteiger partial charge in [0.05, 0.1) is 11.1 Å². The summed E-state index contributed by atoms with van der Waals surface area (Å²) >= 11 is 0. The average molecular weight is 312 g/mol. The Labute approximate surface area is 127 Å². The van der Waals surface area contributed by atoms with Crippen molar-refractivity contribution in [1.29, 1.82) is 0 Å². The van der Waals surface area contributed by atoms with E-state index < -0.39 is 11.3 Å². The van der Waals surface area contributed by atoms with Crippen molar-refractivity contribution in [2.45, 2.75) is 37.6 Å². The SMILES string of the molecule is Cl.NC1(C(=O)Nc2ccc3oc(=O)[nH]c3c2)CCCCC1. The molecule has 21 heavy (non-hydrogen) atoms. The lowest BCUT2D eigenvalue weighted by molar-refractivity contribution is -0.122. The average Bonchev–Trinajstić information content (AvgIpc) is 2.79. The zero-order chi connectivity index (χ0) is 14.2. The third-order valence-electron chi connectivity index (χ3n) is 3.87. The van der Waals surface area contributed by atoms with Crippen LogP contribution >= 0.6 is 12.4 Å². The Hall–Kier alpha value is -1.79. The first kappa shape index (κ1) is 15.6. The van der Waals surface area contributed by atoms with Crippen molar-refractivity contribution in [3.63, 3.8) is 0 Å². The lowest BCUT2D eigenvalue weighted by Crippen LogP contribution is -2.52. The number of hydrogen-bond donors (Lipinski definition) is 3. The van der Waals surface area contributed by atoms with Gasteiger partial charge < -0.3 is 15.5 Å². The van der Waals surface area contributed by atoms with Crippen molar-refractivity contribution < 1.29 is 9.21 Å². The van der Waals surface area contributed by atoms with E-state index in [1.165, 1.54) is 0 Å². The molecule has 1 aromatic carbocycles. The van der Waals surface area contributed by atoms with Crippen molar-refractivity contribution in [2.24, 2.45) is 5.73 Å². The summed E-state index contributed by atoms with van der Waals surface area (Å²) in [7, 11) is 0. The molecule has 0 radical (unpaired) electrons. The smallest absolute Gasteiger partial charge is 0.408 e. The number of amides is 1. The van der Waals surface area contributed by atoms with Gasteiger partial charge in [-0.25, -0.2) is 4.79 Å². The fourth-order valence-electron chi connectivity index (χ4n) is 2.70.